The zero-order valence-electron chi connectivity index (χ0n) is 8.37. The Morgan fingerprint density at radius 1 is 1.29 bits per heavy atom. The fourth-order valence-corrected chi connectivity index (χ4v) is 2.19. The third-order valence-corrected chi connectivity index (χ3v) is 3.61. The Labute approximate surface area is 90.0 Å². The van der Waals surface area contributed by atoms with Crippen LogP contribution in [-0.4, -0.2) is 7.11 Å². The van der Waals surface area contributed by atoms with Gasteiger partial charge >= 0.3 is 0 Å². The molecule has 1 fully saturated rings. The summed E-state index contributed by atoms with van der Waals surface area (Å²) in [6.07, 6.45) is 3.89. The average Bonchev–Trinajstić information content (AvgIpc) is 2.15. The van der Waals surface area contributed by atoms with Gasteiger partial charge in [0.05, 0.1) is 12.5 Å². The van der Waals surface area contributed by atoms with Crippen LogP contribution < -0.4 is 4.74 Å². The minimum Gasteiger partial charge on any atom is -0.497 e. The maximum absolute atomic E-state index is 6.36. The molecule has 1 nitrogen and oxygen atoms in total. The molecule has 1 saturated carbocycles. The maximum atomic E-state index is 6.36. The molecule has 2 rings (SSSR count). The van der Waals surface area contributed by atoms with Crippen LogP contribution in [0.1, 0.15) is 30.2 Å². The summed E-state index contributed by atoms with van der Waals surface area (Å²) < 4.78 is 5.11. The first-order valence-corrected chi connectivity index (χ1v) is 5.53. The molecule has 1 aliphatic carbocycles. The van der Waals surface area contributed by atoms with Gasteiger partial charge in [0.25, 0.3) is 0 Å². The van der Waals surface area contributed by atoms with Gasteiger partial charge < -0.3 is 4.74 Å². The summed E-state index contributed by atoms with van der Waals surface area (Å²) >= 11 is 6.36. The van der Waals surface area contributed by atoms with Gasteiger partial charge in [0.2, 0.25) is 0 Å². The van der Waals surface area contributed by atoms with E-state index in [1.54, 1.807) is 7.11 Å². The van der Waals surface area contributed by atoms with Crippen molar-refractivity contribution in [2.24, 2.45) is 5.92 Å². The smallest absolute Gasteiger partial charge is 0.118 e. The molecule has 0 spiro atoms. The quantitative estimate of drug-likeness (QED) is 0.690. The van der Waals surface area contributed by atoms with Crippen LogP contribution in [0.2, 0.25) is 0 Å². The Morgan fingerprint density at radius 3 is 2.36 bits per heavy atom. The van der Waals surface area contributed by atoms with E-state index in [4.69, 9.17) is 16.3 Å². The fourth-order valence-electron chi connectivity index (χ4n) is 1.79. The SMILES string of the molecule is COc1ccc(C(Cl)C2CCC2)cc1. The lowest BCUT2D eigenvalue weighted by molar-refractivity contribution is 0.305. The van der Waals surface area contributed by atoms with E-state index >= 15 is 0 Å². The van der Waals surface area contributed by atoms with E-state index in [9.17, 15) is 0 Å². The number of hydrogen-bond acceptors (Lipinski definition) is 1. The summed E-state index contributed by atoms with van der Waals surface area (Å²) in [5.41, 5.74) is 1.22. The molecule has 1 unspecified atom stereocenters. The Bertz CT molecular complexity index is 290. The van der Waals surface area contributed by atoms with Crippen molar-refractivity contribution in [2.75, 3.05) is 7.11 Å². The number of methoxy groups -OCH3 is 1. The van der Waals surface area contributed by atoms with Gasteiger partial charge in [0.15, 0.2) is 0 Å². The van der Waals surface area contributed by atoms with Crippen molar-refractivity contribution in [3.8, 4) is 5.75 Å². The predicted octanol–water partition coefficient (Wildman–Crippen LogP) is 3.78. The molecule has 0 radical (unpaired) electrons. The molecule has 0 aromatic heterocycles. The summed E-state index contributed by atoms with van der Waals surface area (Å²) in [6.45, 7) is 0. The van der Waals surface area contributed by atoms with Crippen LogP contribution in [0, 0.1) is 5.92 Å². The monoisotopic (exact) mass is 210 g/mol. The molecule has 0 N–H and O–H groups in total. The lowest BCUT2D eigenvalue weighted by Crippen LogP contribution is -2.16. The number of rotatable bonds is 3. The van der Waals surface area contributed by atoms with E-state index in [-0.39, 0.29) is 5.38 Å². The second-order valence-corrected chi connectivity index (χ2v) is 4.34. The van der Waals surface area contributed by atoms with Crippen LogP contribution in [0.4, 0.5) is 0 Å². The molecule has 2 heteroatoms. The van der Waals surface area contributed by atoms with Gasteiger partial charge in [-0.2, -0.15) is 0 Å². The van der Waals surface area contributed by atoms with Crippen LogP contribution in [0.3, 0.4) is 0 Å². The molecular weight excluding hydrogens is 196 g/mol. The average molecular weight is 211 g/mol. The van der Waals surface area contributed by atoms with Crippen molar-refractivity contribution in [1.82, 2.24) is 0 Å². The molecule has 76 valence electrons. The molecule has 1 aromatic carbocycles. The Balaban J connectivity index is 2.07. The van der Waals surface area contributed by atoms with Crippen molar-refractivity contribution >= 4 is 11.6 Å². The van der Waals surface area contributed by atoms with Gasteiger partial charge in [-0.25, -0.2) is 0 Å². The summed E-state index contributed by atoms with van der Waals surface area (Å²) in [6, 6.07) is 8.08. The second kappa shape index (κ2) is 4.22. The van der Waals surface area contributed by atoms with Crippen molar-refractivity contribution in [3.05, 3.63) is 29.8 Å². The molecule has 1 atom stereocenters. The lowest BCUT2D eigenvalue weighted by Gasteiger charge is -2.30. The fraction of sp³-hybridized carbons (Fsp3) is 0.500. The molecule has 0 saturated heterocycles. The van der Waals surface area contributed by atoms with E-state index in [2.05, 4.69) is 12.1 Å². The van der Waals surface area contributed by atoms with Crippen LogP contribution in [0.5, 0.6) is 5.75 Å². The van der Waals surface area contributed by atoms with Crippen molar-refractivity contribution in [2.45, 2.75) is 24.6 Å². The van der Waals surface area contributed by atoms with Crippen molar-refractivity contribution < 1.29 is 4.74 Å². The third kappa shape index (κ3) is 1.88. The number of hydrogen-bond donors (Lipinski definition) is 0. The molecule has 0 amide bonds. The first kappa shape index (κ1) is 9.85. The maximum Gasteiger partial charge on any atom is 0.118 e. The highest BCUT2D eigenvalue weighted by molar-refractivity contribution is 6.21. The molecule has 0 heterocycles. The van der Waals surface area contributed by atoms with E-state index < -0.39 is 0 Å². The number of alkyl halides is 1. The van der Waals surface area contributed by atoms with Gasteiger partial charge in [0.1, 0.15) is 5.75 Å². The van der Waals surface area contributed by atoms with Gasteiger partial charge in [-0.15, -0.1) is 11.6 Å². The number of ether oxygens (including phenoxy) is 1. The van der Waals surface area contributed by atoms with Crippen LogP contribution in [-0.2, 0) is 0 Å². The Morgan fingerprint density at radius 2 is 1.93 bits per heavy atom. The van der Waals surface area contributed by atoms with Gasteiger partial charge in [-0.1, -0.05) is 18.6 Å². The highest BCUT2D eigenvalue weighted by Crippen LogP contribution is 2.41. The largest absolute Gasteiger partial charge is 0.497 e. The molecule has 1 aromatic rings. The summed E-state index contributed by atoms with van der Waals surface area (Å²) in [4.78, 5) is 0. The van der Waals surface area contributed by atoms with Gasteiger partial charge in [-0.3, -0.25) is 0 Å². The summed E-state index contributed by atoms with van der Waals surface area (Å²) in [5, 5.41) is 0.189. The number of benzene rings is 1. The molecule has 0 aliphatic heterocycles. The molecule has 1 aliphatic rings. The first-order valence-electron chi connectivity index (χ1n) is 5.09. The van der Waals surface area contributed by atoms with Crippen molar-refractivity contribution in [3.63, 3.8) is 0 Å². The standard InChI is InChI=1S/C12H15ClO/c1-14-11-7-5-10(6-8-11)12(13)9-3-2-4-9/h5-9,12H,2-4H2,1H3. The third-order valence-electron chi connectivity index (χ3n) is 3.00. The zero-order valence-corrected chi connectivity index (χ0v) is 9.13. The topological polar surface area (TPSA) is 9.23 Å². The highest BCUT2D eigenvalue weighted by Gasteiger charge is 2.26. The van der Waals surface area contributed by atoms with Gasteiger partial charge in [0, 0.05) is 0 Å². The molecular formula is C12H15ClO. The van der Waals surface area contributed by atoms with Crippen LogP contribution >= 0.6 is 11.6 Å². The predicted molar refractivity (Wildman–Crippen MR) is 58.9 cm³/mol. The minimum atomic E-state index is 0.189. The number of halogens is 1. The van der Waals surface area contributed by atoms with E-state index in [0.717, 1.165) is 5.75 Å². The van der Waals surface area contributed by atoms with Crippen LogP contribution in [0.25, 0.3) is 0 Å². The van der Waals surface area contributed by atoms with E-state index in [0.29, 0.717) is 5.92 Å². The minimum absolute atomic E-state index is 0.189. The van der Waals surface area contributed by atoms with Gasteiger partial charge in [-0.05, 0) is 36.5 Å². The highest BCUT2D eigenvalue weighted by atomic mass is 35.5. The first-order chi connectivity index (χ1) is 6.81. The van der Waals surface area contributed by atoms with Crippen molar-refractivity contribution in [1.29, 1.82) is 0 Å². The van der Waals surface area contributed by atoms with E-state index in [1.165, 1.54) is 24.8 Å². The summed E-state index contributed by atoms with van der Waals surface area (Å²) in [7, 11) is 1.68. The Kier molecular flexibility index (Phi) is 2.97. The Hall–Kier alpha value is -0.690. The molecule has 0 bridgehead atoms. The lowest BCUT2D eigenvalue weighted by atomic mass is 9.80. The molecule has 14 heavy (non-hydrogen) atoms. The van der Waals surface area contributed by atoms with E-state index in [1.807, 2.05) is 12.1 Å². The second-order valence-electron chi connectivity index (χ2n) is 3.87. The van der Waals surface area contributed by atoms with Crippen LogP contribution in [0.15, 0.2) is 24.3 Å². The summed E-state index contributed by atoms with van der Waals surface area (Å²) in [5.74, 6) is 1.58. The normalized spacial score (nSPS) is 18.7. The zero-order chi connectivity index (χ0) is 9.97.